The van der Waals surface area contributed by atoms with Crippen LogP contribution in [0, 0.1) is 17.3 Å². The van der Waals surface area contributed by atoms with Crippen molar-refractivity contribution in [2.24, 2.45) is 17.3 Å². The Labute approximate surface area is 126 Å². The van der Waals surface area contributed by atoms with Crippen molar-refractivity contribution in [1.29, 1.82) is 0 Å². The molecule has 1 N–H and O–H groups in total. The summed E-state index contributed by atoms with van der Waals surface area (Å²) in [5.74, 6) is 1.88. The number of hydrogen-bond acceptors (Lipinski definition) is 2. The van der Waals surface area contributed by atoms with Crippen LogP contribution in [0.2, 0.25) is 0 Å². The highest BCUT2D eigenvalue weighted by Gasteiger charge is 2.38. The van der Waals surface area contributed by atoms with E-state index >= 15 is 0 Å². The van der Waals surface area contributed by atoms with Gasteiger partial charge in [0.05, 0.1) is 0 Å². The van der Waals surface area contributed by atoms with Gasteiger partial charge in [-0.15, -0.1) is 0 Å². The predicted molar refractivity (Wildman–Crippen MR) is 88.0 cm³/mol. The molecule has 20 heavy (non-hydrogen) atoms. The third kappa shape index (κ3) is 4.21. The highest BCUT2D eigenvalue weighted by Crippen LogP contribution is 2.41. The molecule has 0 aromatic carbocycles. The van der Waals surface area contributed by atoms with Crippen LogP contribution >= 0.6 is 0 Å². The van der Waals surface area contributed by atoms with Gasteiger partial charge < -0.3 is 10.2 Å². The van der Waals surface area contributed by atoms with Crippen LogP contribution in [0.1, 0.15) is 65.7 Å². The highest BCUT2D eigenvalue weighted by molar-refractivity contribution is 4.91. The first-order chi connectivity index (χ1) is 9.52. The van der Waals surface area contributed by atoms with Crippen LogP contribution in [0.5, 0.6) is 0 Å². The van der Waals surface area contributed by atoms with E-state index in [1.54, 1.807) is 0 Å². The van der Waals surface area contributed by atoms with Gasteiger partial charge in [-0.3, -0.25) is 0 Å². The van der Waals surface area contributed by atoms with E-state index in [2.05, 4.69) is 38.0 Å². The summed E-state index contributed by atoms with van der Waals surface area (Å²) in [6, 6.07) is 0.869. The Bertz CT molecular complexity index is 274. The van der Waals surface area contributed by atoms with Crippen molar-refractivity contribution in [2.75, 3.05) is 26.7 Å². The molecule has 0 spiro atoms. The maximum atomic E-state index is 3.30. The molecule has 0 aromatic rings. The average Bonchev–Trinajstić information content (AvgIpc) is 2.45. The van der Waals surface area contributed by atoms with Gasteiger partial charge in [0.1, 0.15) is 0 Å². The Morgan fingerprint density at radius 1 is 1.00 bits per heavy atom. The predicted octanol–water partition coefficient (Wildman–Crippen LogP) is 3.91. The summed E-state index contributed by atoms with van der Waals surface area (Å²) in [6.07, 6.45) is 10.0. The number of rotatable bonds is 4. The lowest BCUT2D eigenvalue weighted by Crippen LogP contribution is -2.49. The van der Waals surface area contributed by atoms with Gasteiger partial charge in [-0.05, 0) is 76.0 Å². The normalized spacial score (nSPS) is 30.6. The summed E-state index contributed by atoms with van der Waals surface area (Å²) in [4.78, 5) is 2.85. The SMILES string of the molecule is CNCCC1CCN(C2CCCCC2C(C)(C)C)CC1. The van der Waals surface area contributed by atoms with E-state index in [1.165, 1.54) is 64.6 Å². The summed E-state index contributed by atoms with van der Waals surface area (Å²) in [5.41, 5.74) is 0.480. The van der Waals surface area contributed by atoms with Crippen molar-refractivity contribution >= 4 is 0 Å². The molecular weight excluding hydrogens is 244 g/mol. The average molecular weight is 280 g/mol. The zero-order valence-corrected chi connectivity index (χ0v) is 14.3. The maximum Gasteiger partial charge on any atom is 0.0128 e. The van der Waals surface area contributed by atoms with Gasteiger partial charge in [-0.2, -0.15) is 0 Å². The van der Waals surface area contributed by atoms with E-state index in [9.17, 15) is 0 Å². The summed E-state index contributed by atoms with van der Waals surface area (Å²) in [5, 5.41) is 3.30. The first-order valence-electron chi connectivity index (χ1n) is 8.91. The second kappa shape index (κ2) is 7.26. The number of hydrogen-bond donors (Lipinski definition) is 1. The van der Waals surface area contributed by atoms with E-state index in [1.807, 2.05) is 0 Å². The van der Waals surface area contributed by atoms with E-state index < -0.39 is 0 Å². The Morgan fingerprint density at radius 3 is 2.25 bits per heavy atom. The van der Waals surface area contributed by atoms with Gasteiger partial charge in [-0.1, -0.05) is 33.6 Å². The Hall–Kier alpha value is -0.0800. The van der Waals surface area contributed by atoms with Gasteiger partial charge in [0.15, 0.2) is 0 Å². The summed E-state index contributed by atoms with van der Waals surface area (Å²) >= 11 is 0. The zero-order valence-electron chi connectivity index (χ0n) is 14.3. The standard InChI is InChI=1S/C18H36N2/c1-18(2,3)16-7-5-6-8-17(16)20-13-10-15(11-14-20)9-12-19-4/h15-17,19H,5-14H2,1-4H3. The van der Waals surface area contributed by atoms with Crippen molar-refractivity contribution < 1.29 is 0 Å². The topological polar surface area (TPSA) is 15.3 Å². The molecular formula is C18H36N2. The molecule has 2 unspecified atom stereocenters. The van der Waals surface area contributed by atoms with E-state index in [4.69, 9.17) is 0 Å². The van der Waals surface area contributed by atoms with E-state index in [0.717, 1.165) is 17.9 Å². The molecule has 2 aliphatic rings. The molecule has 2 atom stereocenters. The van der Waals surface area contributed by atoms with Crippen LogP contribution in [0.3, 0.4) is 0 Å². The largest absolute Gasteiger partial charge is 0.320 e. The lowest BCUT2D eigenvalue weighted by Gasteiger charge is -2.48. The molecule has 0 aromatic heterocycles. The number of nitrogens with zero attached hydrogens (tertiary/aromatic N) is 1. The Balaban J connectivity index is 1.87. The number of nitrogens with one attached hydrogen (secondary N) is 1. The molecule has 1 heterocycles. The van der Waals surface area contributed by atoms with Crippen LogP contribution in [-0.2, 0) is 0 Å². The van der Waals surface area contributed by atoms with Crippen molar-refractivity contribution in [1.82, 2.24) is 10.2 Å². The molecule has 2 rings (SSSR count). The van der Waals surface area contributed by atoms with Crippen LogP contribution in [0.25, 0.3) is 0 Å². The third-order valence-electron chi connectivity index (χ3n) is 5.76. The van der Waals surface area contributed by atoms with Crippen LogP contribution in [0.4, 0.5) is 0 Å². The molecule has 2 heteroatoms. The minimum atomic E-state index is 0.480. The lowest BCUT2D eigenvalue weighted by atomic mass is 9.68. The molecule has 1 saturated carbocycles. The second-order valence-corrected chi connectivity index (χ2v) is 8.20. The number of likely N-dealkylation sites (tertiary alicyclic amines) is 1. The smallest absolute Gasteiger partial charge is 0.0128 e. The molecule has 1 aliphatic heterocycles. The fourth-order valence-electron chi connectivity index (χ4n) is 4.48. The third-order valence-corrected chi connectivity index (χ3v) is 5.76. The van der Waals surface area contributed by atoms with Gasteiger partial charge in [-0.25, -0.2) is 0 Å². The van der Waals surface area contributed by atoms with Crippen LogP contribution in [0.15, 0.2) is 0 Å². The minimum Gasteiger partial charge on any atom is -0.320 e. The molecule has 1 saturated heterocycles. The molecule has 1 aliphatic carbocycles. The molecule has 0 amide bonds. The van der Waals surface area contributed by atoms with Gasteiger partial charge >= 0.3 is 0 Å². The summed E-state index contributed by atoms with van der Waals surface area (Å²) < 4.78 is 0. The van der Waals surface area contributed by atoms with Gasteiger partial charge in [0.2, 0.25) is 0 Å². The fourth-order valence-corrected chi connectivity index (χ4v) is 4.48. The van der Waals surface area contributed by atoms with E-state index in [-0.39, 0.29) is 0 Å². The summed E-state index contributed by atoms with van der Waals surface area (Å²) in [6.45, 7) is 11.3. The van der Waals surface area contributed by atoms with Crippen molar-refractivity contribution in [3.63, 3.8) is 0 Å². The highest BCUT2D eigenvalue weighted by atomic mass is 15.2. The molecule has 2 fully saturated rings. The van der Waals surface area contributed by atoms with Crippen LogP contribution < -0.4 is 5.32 Å². The quantitative estimate of drug-likeness (QED) is 0.840. The Kier molecular flexibility index (Phi) is 5.92. The van der Waals surface area contributed by atoms with Crippen molar-refractivity contribution in [3.8, 4) is 0 Å². The van der Waals surface area contributed by atoms with Crippen LogP contribution in [-0.4, -0.2) is 37.6 Å². The van der Waals surface area contributed by atoms with Gasteiger partial charge in [0.25, 0.3) is 0 Å². The maximum absolute atomic E-state index is 3.30. The first-order valence-corrected chi connectivity index (χ1v) is 8.91. The summed E-state index contributed by atoms with van der Waals surface area (Å²) in [7, 11) is 2.07. The van der Waals surface area contributed by atoms with Crippen molar-refractivity contribution in [2.45, 2.75) is 71.8 Å². The fraction of sp³-hybridized carbons (Fsp3) is 1.00. The number of piperidine rings is 1. The minimum absolute atomic E-state index is 0.480. The molecule has 0 radical (unpaired) electrons. The zero-order chi connectivity index (χ0) is 14.6. The lowest BCUT2D eigenvalue weighted by molar-refractivity contribution is 0.0205. The van der Waals surface area contributed by atoms with Crippen molar-refractivity contribution in [3.05, 3.63) is 0 Å². The molecule has 118 valence electrons. The molecule has 0 bridgehead atoms. The first kappa shape index (κ1) is 16.3. The Morgan fingerprint density at radius 2 is 1.65 bits per heavy atom. The van der Waals surface area contributed by atoms with Gasteiger partial charge in [0, 0.05) is 6.04 Å². The second-order valence-electron chi connectivity index (χ2n) is 8.20. The monoisotopic (exact) mass is 280 g/mol. The van der Waals surface area contributed by atoms with E-state index in [0.29, 0.717) is 5.41 Å². The molecule has 2 nitrogen and oxygen atoms in total.